The van der Waals surface area contributed by atoms with Crippen LogP contribution < -0.4 is 10.6 Å². The standard InChI is InChI=1S/C23H30N6O/c1-18-7-5-9-21(19(18)2)28-15-13-27(14-16-28)11-3-4-12-29-23(30)25-22(26-29)20-8-6-10-24-17-20/h5-10,17H,3-4,11-16H2,1-2H3,(H,25,26,30). The molecule has 0 spiro atoms. The van der Waals surface area contributed by atoms with Gasteiger partial charge in [0.25, 0.3) is 0 Å². The minimum atomic E-state index is -0.156. The number of aromatic amines is 1. The van der Waals surface area contributed by atoms with E-state index in [2.05, 4.69) is 56.9 Å². The fraction of sp³-hybridized carbons (Fsp3) is 0.435. The van der Waals surface area contributed by atoms with Gasteiger partial charge in [-0.2, -0.15) is 0 Å². The molecule has 4 rings (SSSR count). The summed E-state index contributed by atoms with van der Waals surface area (Å²) in [6.45, 7) is 10.4. The number of nitrogens with one attached hydrogen (secondary N) is 1. The Morgan fingerprint density at radius 2 is 1.80 bits per heavy atom. The van der Waals surface area contributed by atoms with E-state index >= 15 is 0 Å². The number of aryl methyl sites for hydroxylation is 2. The van der Waals surface area contributed by atoms with E-state index in [4.69, 9.17) is 0 Å². The number of rotatable bonds is 7. The van der Waals surface area contributed by atoms with Crippen molar-refractivity contribution in [2.75, 3.05) is 37.6 Å². The third-order valence-corrected chi connectivity index (χ3v) is 6.00. The SMILES string of the molecule is Cc1cccc(N2CCN(CCCCn3nc(-c4cccnc4)[nH]c3=O)CC2)c1C. The fourth-order valence-electron chi connectivity index (χ4n) is 4.03. The van der Waals surface area contributed by atoms with E-state index in [1.807, 2.05) is 12.1 Å². The molecule has 1 saturated heterocycles. The highest BCUT2D eigenvalue weighted by Crippen LogP contribution is 2.23. The molecule has 0 amide bonds. The summed E-state index contributed by atoms with van der Waals surface area (Å²) in [7, 11) is 0. The number of aromatic nitrogens is 4. The molecule has 1 fully saturated rings. The minimum absolute atomic E-state index is 0.156. The maximum atomic E-state index is 12.1. The quantitative estimate of drug-likeness (QED) is 0.611. The van der Waals surface area contributed by atoms with Gasteiger partial charge in [0.1, 0.15) is 0 Å². The van der Waals surface area contributed by atoms with Gasteiger partial charge in [0.2, 0.25) is 0 Å². The summed E-state index contributed by atoms with van der Waals surface area (Å²) in [5.74, 6) is 0.579. The molecule has 158 valence electrons. The van der Waals surface area contributed by atoms with Crippen molar-refractivity contribution >= 4 is 5.69 Å². The molecule has 0 saturated carbocycles. The zero-order valence-corrected chi connectivity index (χ0v) is 17.8. The van der Waals surface area contributed by atoms with Crippen LogP contribution >= 0.6 is 0 Å². The Morgan fingerprint density at radius 1 is 1.00 bits per heavy atom. The second-order valence-electron chi connectivity index (χ2n) is 8.00. The molecule has 1 aromatic carbocycles. The molecule has 0 atom stereocenters. The molecule has 1 aliphatic rings. The monoisotopic (exact) mass is 406 g/mol. The predicted octanol–water partition coefficient (Wildman–Crippen LogP) is 2.85. The van der Waals surface area contributed by atoms with Gasteiger partial charge in [-0.1, -0.05) is 12.1 Å². The molecular formula is C23H30N6O. The predicted molar refractivity (Wildman–Crippen MR) is 120 cm³/mol. The first kappa shape index (κ1) is 20.3. The number of benzene rings is 1. The molecule has 7 heteroatoms. The molecule has 3 heterocycles. The number of anilines is 1. The largest absolute Gasteiger partial charge is 0.369 e. The zero-order chi connectivity index (χ0) is 20.9. The number of unbranched alkanes of at least 4 members (excludes halogenated alkanes) is 1. The van der Waals surface area contributed by atoms with Gasteiger partial charge in [0, 0.05) is 56.4 Å². The van der Waals surface area contributed by atoms with Gasteiger partial charge in [-0.3, -0.25) is 14.9 Å². The number of piperazine rings is 1. The normalized spacial score (nSPS) is 14.9. The second-order valence-corrected chi connectivity index (χ2v) is 8.00. The molecule has 0 radical (unpaired) electrons. The summed E-state index contributed by atoms with van der Waals surface area (Å²) in [6, 6.07) is 10.3. The van der Waals surface area contributed by atoms with Crippen molar-refractivity contribution in [3.05, 3.63) is 64.3 Å². The van der Waals surface area contributed by atoms with Crippen LogP contribution in [0.4, 0.5) is 5.69 Å². The zero-order valence-electron chi connectivity index (χ0n) is 17.8. The summed E-state index contributed by atoms with van der Waals surface area (Å²) >= 11 is 0. The maximum absolute atomic E-state index is 12.1. The average Bonchev–Trinajstić information content (AvgIpc) is 3.15. The first-order valence-corrected chi connectivity index (χ1v) is 10.7. The van der Waals surface area contributed by atoms with Crippen LogP contribution in [0.1, 0.15) is 24.0 Å². The van der Waals surface area contributed by atoms with Gasteiger partial charge in [-0.05, 0) is 62.6 Å². The molecule has 2 aromatic heterocycles. The van der Waals surface area contributed by atoms with E-state index < -0.39 is 0 Å². The second kappa shape index (κ2) is 9.26. The van der Waals surface area contributed by atoms with Crippen LogP contribution in [-0.2, 0) is 6.54 Å². The van der Waals surface area contributed by atoms with E-state index in [0.717, 1.165) is 51.1 Å². The molecule has 0 unspecified atom stereocenters. The highest BCUT2D eigenvalue weighted by Gasteiger charge is 2.18. The summed E-state index contributed by atoms with van der Waals surface area (Å²) in [5.41, 5.74) is 4.79. The lowest BCUT2D eigenvalue weighted by Crippen LogP contribution is -2.46. The van der Waals surface area contributed by atoms with Crippen LogP contribution in [0.5, 0.6) is 0 Å². The highest BCUT2D eigenvalue weighted by molar-refractivity contribution is 5.56. The average molecular weight is 407 g/mol. The van der Waals surface area contributed by atoms with Crippen molar-refractivity contribution in [3.8, 4) is 11.4 Å². The smallest absolute Gasteiger partial charge is 0.343 e. The Labute approximate surface area is 177 Å². The van der Waals surface area contributed by atoms with E-state index in [1.54, 1.807) is 12.4 Å². The first-order valence-electron chi connectivity index (χ1n) is 10.7. The highest BCUT2D eigenvalue weighted by atomic mass is 16.1. The third-order valence-electron chi connectivity index (χ3n) is 6.00. The van der Waals surface area contributed by atoms with Gasteiger partial charge in [-0.15, -0.1) is 5.10 Å². The van der Waals surface area contributed by atoms with Crippen LogP contribution in [0.15, 0.2) is 47.5 Å². The van der Waals surface area contributed by atoms with Crippen molar-refractivity contribution in [2.24, 2.45) is 0 Å². The van der Waals surface area contributed by atoms with Crippen molar-refractivity contribution in [1.82, 2.24) is 24.6 Å². The molecule has 1 aliphatic heterocycles. The topological polar surface area (TPSA) is 70.0 Å². The summed E-state index contributed by atoms with van der Waals surface area (Å²) < 4.78 is 1.53. The van der Waals surface area contributed by atoms with Crippen molar-refractivity contribution < 1.29 is 0 Å². The van der Waals surface area contributed by atoms with Gasteiger partial charge >= 0.3 is 5.69 Å². The number of nitrogens with zero attached hydrogens (tertiary/aromatic N) is 5. The Kier molecular flexibility index (Phi) is 6.28. The summed E-state index contributed by atoms with van der Waals surface area (Å²) in [6.07, 6.45) is 5.42. The van der Waals surface area contributed by atoms with Gasteiger partial charge < -0.3 is 4.90 Å². The fourth-order valence-corrected chi connectivity index (χ4v) is 4.03. The van der Waals surface area contributed by atoms with Crippen LogP contribution in [0.2, 0.25) is 0 Å². The first-order chi connectivity index (χ1) is 14.6. The lowest BCUT2D eigenvalue weighted by molar-refractivity contribution is 0.250. The van der Waals surface area contributed by atoms with Crippen molar-refractivity contribution in [3.63, 3.8) is 0 Å². The van der Waals surface area contributed by atoms with E-state index in [9.17, 15) is 4.79 Å². The van der Waals surface area contributed by atoms with Crippen LogP contribution in [0.3, 0.4) is 0 Å². The molecule has 3 aromatic rings. The Hall–Kier alpha value is -2.93. The number of H-pyrrole nitrogens is 1. The minimum Gasteiger partial charge on any atom is -0.369 e. The summed E-state index contributed by atoms with van der Waals surface area (Å²) in [4.78, 5) is 24.1. The number of hydrogen-bond acceptors (Lipinski definition) is 5. The third kappa shape index (κ3) is 4.62. The van der Waals surface area contributed by atoms with Crippen LogP contribution in [0.25, 0.3) is 11.4 Å². The van der Waals surface area contributed by atoms with E-state index in [0.29, 0.717) is 12.4 Å². The molecule has 0 aliphatic carbocycles. The van der Waals surface area contributed by atoms with Crippen molar-refractivity contribution in [1.29, 1.82) is 0 Å². The van der Waals surface area contributed by atoms with Gasteiger partial charge in [-0.25, -0.2) is 9.48 Å². The lowest BCUT2D eigenvalue weighted by Gasteiger charge is -2.37. The molecular weight excluding hydrogens is 376 g/mol. The molecule has 7 nitrogen and oxygen atoms in total. The van der Waals surface area contributed by atoms with Gasteiger partial charge in [0.05, 0.1) is 0 Å². The molecule has 30 heavy (non-hydrogen) atoms. The Morgan fingerprint density at radius 3 is 2.57 bits per heavy atom. The Bertz CT molecular complexity index is 1020. The van der Waals surface area contributed by atoms with Crippen LogP contribution in [-0.4, -0.2) is 57.4 Å². The summed E-state index contributed by atoms with van der Waals surface area (Å²) in [5, 5.41) is 4.41. The Balaban J connectivity index is 1.22. The molecule has 0 bridgehead atoms. The maximum Gasteiger partial charge on any atom is 0.343 e. The van der Waals surface area contributed by atoms with E-state index in [1.165, 1.54) is 21.5 Å². The van der Waals surface area contributed by atoms with Crippen LogP contribution in [0, 0.1) is 13.8 Å². The number of pyridine rings is 1. The number of hydrogen-bond donors (Lipinski definition) is 1. The van der Waals surface area contributed by atoms with E-state index in [-0.39, 0.29) is 5.69 Å². The molecule has 1 N–H and O–H groups in total. The van der Waals surface area contributed by atoms with Crippen molar-refractivity contribution in [2.45, 2.75) is 33.2 Å². The van der Waals surface area contributed by atoms with Gasteiger partial charge in [0.15, 0.2) is 5.82 Å². The lowest BCUT2D eigenvalue weighted by atomic mass is 10.1.